The van der Waals surface area contributed by atoms with Crippen molar-refractivity contribution in [2.75, 3.05) is 19.8 Å². The van der Waals surface area contributed by atoms with Gasteiger partial charge in [0.1, 0.15) is 12.2 Å². The quantitative estimate of drug-likeness (QED) is 0.0179. The van der Waals surface area contributed by atoms with Gasteiger partial charge in [-0.1, -0.05) is 174 Å². The third kappa shape index (κ3) is 45.3. The SMILES string of the molecule is CCCCCCCC/C=C\CCCCCCCC(=O)OC(CCCCCCCCCCCCCCCCCC)C(O)CO.NCCOP(=O)(O)O. The fourth-order valence-corrected chi connectivity index (χ4v) is 6.42. The van der Waals surface area contributed by atoms with Gasteiger partial charge in [0, 0.05) is 13.0 Å². The molecule has 6 N–H and O–H groups in total. The van der Waals surface area contributed by atoms with Crippen molar-refractivity contribution in [3.63, 3.8) is 0 Å². The van der Waals surface area contributed by atoms with Gasteiger partial charge in [-0.15, -0.1) is 0 Å². The first-order chi connectivity index (χ1) is 24.7. The smallest absolute Gasteiger partial charge is 0.460 e. The van der Waals surface area contributed by atoms with E-state index >= 15 is 0 Å². The number of aliphatic hydroxyl groups is 2. The monoisotopic (exact) mass is 750 g/mol. The number of nitrogens with two attached hydrogens (primary N) is 1. The maximum absolute atomic E-state index is 12.4. The van der Waals surface area contributed by atoms with E-state index in [9.17, 15) is 19.6 Å². The van der Waals surface area contributed by atoms with Crippen LogP contribution in [0.25, 0.3) is 0 Å². The molecule has 51 heavy (non-hydrogen) atoms. The van der Waals surface area contributed by atoms with Crippen LogP contribution in [0.1, 0.15) is 213 Å². The van der Waals surface area contributed by atoms with Gasteiger partial charge in [0.2, 0.25) is 0 Å². The molecule has 0 radical (unpaired) electrons. The van der Waals surface area contributed by atoms with Gasteiger partial charge in [0.15, 0.2) is 0 Å². The number of carbonyl (C=O) groups is 1. The first-order valence-corrected chi connectivity index (χ1v) is 22.8. The number of phosphoric acid groups is 1. The van der Waals surface area contributed by atoms with Gasteiger partial charge in [-0.05, 0) is 44.9 Å². The Balaban J connectivity index is 0. The molecule has 0 fully saturated rings. The Bertz CT molecular complexity index is 779. The third-order valence-electron chi connectivity index (χ3n) is 9.26. The highest BCUT2D eigenvalue weighted by atomic mass is 31.2. The number of ether oxygens (including phenoxy) is 1. The van der Waals surface area contributed by atoms with Crippen molar-refractivity contribution in [1.29, 1.82) is 0 Å². The predicted molar refractivity (Wildman–Crippen MR) is 214 cm³/mol. The molecule has 306 valence electrons. The molecule has 0 saturated heterocycles. The summed E-state index contributed by atoms with van der Waals surface area (Å²) in [6.45, 7) is 4.20. The standard InChI is InChI=1S/C39H76O4.C2H8NO4P/c1-3-5-7-9-11-13-15-17-19-21-22-24-26-28-30-32-34-38(37(41)36-40)43-39(42)35-33-31-29-27-25-23-20-18-16-14-12-10-8-6-4-2;3-1-2-7-8(4,5)6/h18,20,37-38,40-41H,3-17,19,21-36H2,1-2H3;1-3H2,(H2,4,5,6)/b20-18-;. The van der Waals surface area contributed by atoms with E-state index in [-0.39, 0.29) is 25.7 Å². The summed E-state index contributed by atoms with van der Waals surface area (Å²) in [7, 11) is -4.26. The summed E-state index contributed by atoms with van der Waals surface area (Å²) in [4.78, 5) is 28.3. The lowest BCUT2D eigenvalue weighted by Gasteiger charge is -2.22. The highest BCUT2D eigenvalue weighted by Gasteiger charge is 2.22. The first-order valence-electron chi connectivity index (χ1n) is 21.2. The summed E-state index contributed by atoms with van der Waals surface area (Å²) in [5.74, 6) is -0.230. The Morgan fingerprint density at radius 2 is 1.00 bits per heavy atom. The molecule has 0 rings (SSSR count). The molecule has 2 atom stereocenters. The molecule has 2 unspecified atom stereocenters. The minimum absolute atomic E-state index is 0.107. The second-order valence-electron chi connectivity index (χ2n) is 14.3. The van der Waals surface area contributed by atoms with Crippen molar-refractivity contribution in [3.8, 4) is 0 Å². The van der Waals surface area contributed by atoms with Crippen molar-refractivity contribution in [3.05, 3.63) is 12.2 Å². The molecule has 0 spiro atoms. The average molecular weight is 750 g/mol. The van der Waals surface area contributed by atoms with Gasteiger partial charge >= 0.3 is 13.8 Å². The van der Waals surface area contributed by atoms with Crippen molar-refractivity contribution >= 4 is 13.8 Å². The number of hydrogen-bond donors (Lipinski definition) is 5. The van der Waals surface area contributed by atoms with E-state index in [4.69, 9.17) is 20.3 Å². The predicted octanol–water partition coefficient (Wildman–Crippen LogP) is 11.0. The molecule has 0 aromatic rings. The zero-order valence-corrected chi connectivity index (χ0v) is 34.2. The fourth-order valence-electron chi connectivity index (χ4n) is 6.08. The minimum Gasteiger partial charge on any atom is -0.460 e. The first kappa shape index (κ1) is 52.3. The molecule has 0 bridgehead atoms. The van der Waals surface area contributed by atoms with Gasteiger partial charge in [-0.25, -0.2) is 4.57 Å². The largest absolute Gasteiger partial charge is 0.469 e. The minimum atomic E-state index is -4.26. The number of phosphoric ester groups is 1. The Labute approximate surface area is 314 Å². The number of aliphatic hydroxyl groups excluding tert-OH is 2. The molecule has 9 nitrogen and oxygen atoms in total. The van der Waals surface area contributed by atoms with Crippen LogP contribution in [0.4, 0.5) is 0 Å². The zero-order chi connectivity index (χ0) is 38.1. The van der Waals surface area contributed by atoms with Crippen LogP contribution in [-0.4, -0.2) is 57.9 Å². The molecule has 0 amide bonds. The summed E-state index contributed by atoms with van der Waals surface area (Å²) < 4.78 is 19.3. The van der Waals surface area contributed by atoms with Crippen LogP contribution >= 0.6 is 7.82 Å². The van der Waals surface area contributed by atoms with E-state index in [1.807, 2.05) is 0 Å². The normalized spacial score (nSPS) is 12.9. The zero-order valence-electron chi connectivity index (χ0n) is 33.3. The molecule has 0 aliphatic rings. The molecule has 10 heteroatoms. The van der Waals surface area contributed by atoms with E-state index in [1.165, 1.54) is 148 Å². The summed E-state index contributed by atoms with van der Waals surface area (Å²) in [6.07, 6.45) is 41.3. The number of allylic oxidation sites excluding steroid dienone is 2. The Hall–Kier alpha value is -0.800. The lowest BCUT2D eigenvalue weighted by molar-refractivity contribution is -0.157. The number of esters is 1. The molecule has 0 aliphatic heterocycles. The third-order valence-corrected chi connectivity index (χ3v) is 9.78. The average Bonchev–Trinajstić information content (AvgIpc) is 3.11. The summed E-state index contributed by atoms with van der Waals surface area (Å²) in [5.41, 5.74) is 4.87. The van der Waals surface area contributed by atoms with Crippen LogP contribution in [0.15, 0.2) is 12.2 Å². The van der Waals surface area contributed by atoms with Crippen LogP contribution in [-0.2, 0) is 18.6 Å². The molecular weight excluding hydrogens is 665 g/mol. The summed E-state index contributed by atoms with van der Waals surface area (Å²) in [5, 5.41) is 19.6. The van der Waals surface area contributed by atoms with E-state index in [1.54, 1.807) is 0 Å². The number of rotatable bonds is 38. The molecule has 0 aromatic heterocycles. The second kappa shape index (κ2) is 41.9. The molecule has 0 heterocycles. The van der Waals surface area contributed by atoms with E-state index in [0.717, 1.165) is 38.5 Å². The molecule has 0 saturated carbocycles. The van der Waals surface area contributed by atoms with Crippen LogP contribution in [0, 0.1) is 0 Å². The Morgan fingerprint density at radius 1 is 0.627 bits per heavy atom. The molecule has 0 aromatic carbocycles. The lowest BCUT2D eigenvalue weighted by Crippen LogP contribution is -2.34. The van der Waals surface area contributed by atoms with Gasteiger partial charge in [0.05, 0.1) is 13.2 Å². The summed E-state index contributed by atoms with van der Waals surface area (Å²) in [6, 6.07) is 0. The summed E-state index contributed by atoms with van der Waals surface area (Å²) >= 11 is 0. The van der Waals surface area contributed by atoms with Crippen LogP contribution in [0.2, 0.25) is 0 Å². The Kier molecular flexibility index (Phi) is 43.0. The van der Waals surface area contributed by atoms with E-state index in [2.05, 4.69) is 30.5 Å². The van der Waals surface area contributed by atoms with Crippen LogP contribution < -0.4 is 5.73 Å². The van der Waals surface area contributed by atoms with Gasteiger partial charge < -0.3 is 30.5 Å². The second-order valence-corrected chi connectivity index (χ2v) is 15.6. The van der Waals surface area contributed by atoms with Gasteiger partial charge in [-0.3, -0.25) is 9.32 Å². The van der Waals surface area contributed by atoms with Crippen molar-refractivity contribution in [1.82, 2.24) is 0 Å². The van der Waals surface area contributed by atoms with Gasteiger partial charge in [-0.2, -0.15) is 0 Å². The van der Waals surface area contributed by atoms with E-state index in [0.29, 0.717) is 12.8 Å². The van der Waals surface area contributed by atoms with Gasteiger partial charge in [0.25, 0.3) is 0 Å². The topological polar surface area (TPSA) is 160 Å². The Morgan fingerprint density at radius 3 is 1.35 bits per heavy atom. The lowest BCUT2D eigenvalue weighted by atomic mass is 10.0. The highest BCUT2D eigenvalue weighted by Crippen LogP contribution is 2.34. The van der Waals surface area contributed by atoms with Crippen LogP contribution in [0.5, 0.6) is 0 Å². The van der Waals surface area contributed by atoms with Crippen LogP contribution in [0.3, 0.4) is 0 Å². The number of carbonyl (C=O) groups excluding carboxylic acids is 1. The maximum Gasteiger partial charge on any atom is 0.469 e. The molecular formula is C41H84NO8P. The fraction of sp³-hybridized carbons (Fsp3) is 0.927. The van der Waals surface area contributed by atoms with Crippen molar-refractivity contribution in [2.24, 2.45) is 5.73 Å². The highest BCUT2D eigenvalue weighted by molar-refractivity contribution is 7.46. The van der Waals surface area contributed by atoms with Crippen molar-refractivity contribution in [2.45, 2.75) is 225 Å². The maximum atomic E-state index is 12.4. The van der Waals surface area contributed by atoms with E-state index < -0.39 is 20.0 Å². The number of hydrogen-bond acceptors (Lipinski definition) is 7. The number of unbranched alkanes of at least 4 members (excludes halogenated alkanes) is 26. The van der Waals surface area contributed by atoms with Crippen molar-refractivity contribution < 1.29 is 38.6 Å². The molecule has 0 aliphatic carbocycles.